The summed E-state index contributed by atoms with van der Waals surface area (Å²) in [6.07, 6.45) is 2.15. The summed E-state index contributed by atoms with van der Waals surface area (Å²) < 4.78 is 0. The zero-order valence-electron chi connectivity index (χ0n) is 16.1. The number of hydrogen-bond acceptors (Lipinski definition) is 7. The van der Waals surface area contributed by atoms with E-state index in [1.165, 1.54) is 4.90 Å². The number of aliphatic hydroxyl groups is 2. The lowest BCUT2D eigenvalue weighted by molar-refractivity contribution is -0.163. The number of amides is 1. The number of carboxylic acids is 1. The fraction of sp³-hybridized carbons (Fsp3) is 0.778. The number of aliphatic carboxylic acids is 1. The van der Waals surface area contributed by atoms with Crippen molar-refractivity contribution in [2.75, 3.05) is 19.8 Å². The molecule has 0 bridgehead atoms. The van der Waals surface area contributed by atoms with E-state index in [0.717, 1.165) is 37.3 Å². The van der Waals surface area contributed by atoms with Crippen molar-refractivity contribution in [3.8, 4) is 0 Å². The maximum absolute atomic E-state index is 12.4. The molecule has 3 aliphatic rings. The van der Waals surface area contributed by atoms with Gasteiger partial charge in [-0.3, -0.25) is 10.1 Å². The number of halogens is 1. The maximum atomic E-state index is 12.4. The molecule has 2 fully saturated rings. The number of rotatable bonds is 9. The van der Waals surface area contributed by atoms with Gasteiger partial charge in [-0.1, -0.05) is 6.92 Å². The number of carbonyl (C=O) groups excluding carboxylic acids is 1. The average Bonchev–Trinajstić information content (AvgIpc) is 3.14. The van der Waals surface area contributed by atoms with Gasteiger partial charge < -0.3 is 25.5 Å². The topological polar surface area (TPSA) is 122 Å². The Morgan fingerprint density at radius 1 is 1.46 bits per heavy atom. The quantitative estimate of drug-likeness (QED) is 0.200. The van der Waals surface area contributed by atoms with Crippen LogP contribution >= 0.6 is 24.2 Å². The molecule has 0 aromatic rings. The summed E-state index contributed by atoms with van der Waals surface area (Å²) in [5, 5.41) is 35.0. The molecular weight excluding hydrogens is 406 g/mol. The second-order valence-electron chi connectivity index (χ2n) is 7.65. The van der Waals surface area contributed by atoms with Crippen LogP contribution in [0.4, 0.5) is 0 Å². The fourth-order valence-corrected chi connectivity index (χ4v) is 6.02. The van der Waals surface area contributed by atoms with Crippen molar-refractivity contribution in [2.45, 2.75) is 56.5 Å². The standard InChI is InChI=1S/C18H29N3O5S.ClH/c1-9-14-13(10(2)23)17(24)21(14)15(18(25)26)16(9)27-12-6-11(20-7-12)4-3-5-19-8-22;/h9-14,19-20,22-23H,3-8H2,1-2H3,(H,25,26);1H/t9-,10-,11+,12+,13-,14-;/m1./s1. The van der Waals surface area contributed by atoms with E-state index in [4.69, 9.17) is 5.11 Å². The molecule has 0 aromatic carbocycles. The van der Waals surface area contributed by atoms with E-state index >= 15 is 0 Å². The first-order chi connectivity index (χ1) is 12.9. The van der Waals surface area contributed by atoms with Crippen molar-refractivity contribution in [3.05, 3.63) is 10.6 Å². The van der Waals surface area contributed by atoms with Gasteiger partial charge in [0.05, 0.1) is 24.8 Å². The average molecular weight is 436 g/mol. The normalized spacial score (nSPS) is 32.8. The van der Waals surface area contributed by atoms with Gasteiger partial charge >= 0.3 is 5.97 Å². The Bertz CT molecular complexity index is 632. The van der Waals surface area contributed by atoms with Crippen molar-refractivity contribution >= 4 is 36.0 Å². The molecule has 3 rings (SSSR count). The van der Waals surface area contributed by atoms with E-state index < -0.39 is 18.0 Å². The molecule has 0 aromatic heterocycles. The van der Waals surface area contributed by atoms with Gasteiger partial charge in [0.25, 0.3) is 0 Å². The summed E-state index contributed by atoms with van der Waals surface area (Å²) in [6.45, 7) is 5.12. The molecule has 5 N–H and O–H groups in total. The van der Waals surface area contributed by atoms with E-state index in [2.05, 4.69) is 10.6 Å². The molecule has 3 aliphatic heterocycles. The summed E-state index contributed by atoms with van der Waals surface area (Å²) in [5.74, 6) is -1.94. The molecule has 28 heavy (non-hydrogen) atoms. The summed E-state index contributed by atoms with van der Waals surface area (Å²) in [6, 6.07) is 0.137. The highest BCUT2D eigenvalue weighted by atomic mass is 35.5. The van der Waals surface area contributed by atoms with Crippen LogP contribution in [0.2, 0.25) is 0 Å². The first-order valence-electron chi connectivity index (χ1n) is 9.57. The Morgan fingerprint density at radius 3 is 2.79 bits per heavy atom. The lowest BCUT2D eigenvalue weighted by atomic mass is 9.79. The zero-order chi connectivity index (χ0) is 19.7. The van der Waals surface area contributed by atoms with Crippen LogP contribution in [0.1, 0.15) is 33.1 Å². The summed E-state index contributed by atoms with van der Waals surface area (Å²) in [7, 11) is 0. The zero-order valence-corrected chi connectivity index (χ0v) is 17.8. The molecule has 10 heteroatoms. The molecule has 3 heterocycles. The Kier molecular flexibility index (Phi) is 8.18. The third kappa shape index (κ3) is 4.34. The predicted molar refractivity (Wildman–Crippen MR) is 109 cm³/mol. The highest BCUT2D eigenvalue weighted by Gasteiger charge is 2.60. The van der Waals surface area contributed by atoms with E-state index in [1.807, 2.05) is 6.92 Å². The third-order valence-electron chi connectivity index (χ3n) is 5.80. The number of thioether (sulfide) groups is 1. The SMILES string of the molecule is C[C@@H](O)[C@H]1C(=O)N2C(C(=O)O)=C(S[C@@H]3CN[C@@H](CCCNCO)C3)[C@H](C)[C@H]12.Cl. The lowest BCUT2D eigenvalue weighted by Gasteiger charge is -2.46. The van der Waals surface area contributed by atoms with Gasteiger partial charge in [-0.25, -0.2) is 4.79 Å². The number of carboxylic acid groups (broad SMARTS) is 1. The molecule has 0 aliphatic carbocycles. The van der Waals surface area contributed by atoms with Crippen LogP contribution in [0.3, 0.4) is 0 Å². The van der Waals surface area contributed by atoms with Crippen molar-refractivity contribution in [3.63, 3.8) is 0 Å². The summed E-state index contributed by atoms with van der Waals surface area (Å²) in [5.41, 5.74) is 0.106. The van der Waals surface area contributed by atoms with Crippen LogP contribution < -0.4 is 10.6 Å². The lowest BCUT2D eigenvalue weighted by Crippen LogP contribution is -2.63. The van der Waals surface area contributed by atoms with Crippen LogP contribution in [-0.2, 0) is 9.59 Å². The van der Waals surface area contributed by atoms with E-state index in [9.17, 15) is 19.8 Å². The van der Waals surface area contributed by atoms with Gasteiger partial charge in [0.15, 0.2) is 0 Å². The largest absolute Gasteiger partial charge is 0.477 e. The fourth-order valence-electron chi connectivity index (χ4n) is 4.50. The van der Waals surface area contributed by atoms with E-state index in [1.54, 1.807) is 18.7 Å². The van der Waals surface area contributed by atoms with Gasteiger partial charge in [0.1, 0.15) is 5.70 Å². The van der Waals surface area contributed by atoms with Crippen molar-refractivity contribution < 1.29 is 24.9 Å². The van der Waals surface area contributed by atoms with Gasteiger partial charge in [-0.2, -0.15) is 0 Å². The van der Waals surface area contributed by atoms with Crippen LogP contribution in [-0.4, -0.2) is 75.4 Å². The molecule has 0 unspecified atom stereocenters. The molecule has 0 saturated carbocycles. The van der Waals surface area contributed by atoms with E-state index in [0.29, 0.717) is 6.04 Å². The number of carbonyl (C=O) groups is 2. The molecule has 2 saturated heterocycles. The van der Waals surface area contributed by atoms with Crippen LogP contribution in [0.5, 0.6) is 0 Å². The number of nitrogens with one attached hydrogen (secondary N) is 2. The molecule has 0 radical (unpaired) electrons. The Hall–Kier alpha value is -0.840. The molecule has 160 valence electrons. The molecule has 1 amide bonds. The predicted octanol–water partition coefficient (Wildman–Crippen LogP) is 0.345. The molecule has 8 nitrogen and oxygen atoms in total. The first-order valence-corrected chi connectivity index (χ1v) is 10.4. The summed E-state index contributed by atoms with van der Waals surface area (Å²) in [4.78, 5) is 26.4. The number of fused-ring (bicyclic) bond motifs is 1. The van der Waals surface area contributed by atoms with Crippen molar-refractivity contribution in [1.82, 2.24) is 15.5 Å². The maximum Gasteiger partial charge on any atom is 0.353 e. The van der Waals surface area contributed by atoms with Gasteiger partial charge in [-0.15, -0.1) is 24.2 Å². The van der Waals surface area contributed by atoms with E-state index in [-0.39, 0.29) is 48.0 Å². The molecule has 0 spiro atoms. The number of aliphatic hydroxyl groups excluding tert-OH is 2. The van der Waals surface area contributed by atoms with Gasteiger partial charge in [0.2, 0.25) is 5.91 Å². The highest BCUT2D eigenvalue weighted by molar-refractivity contribution is 8.03. The minimum absolute atomic E-state index is 0. The van der Waals surface area contributed by atoms with Crippen molar-refractivity contribution in [1.29, 1.82) is 0 Å². The van der Waals surface area contributed by atoms with Gasteiger partial charge in [0, 0.05) is 28.7 Å². The molecule has 6 atom stereocenters. The minimum atomic E-state index is -1.07. The number of hydrogen-bond donors (Lipinski definition) is 5. The number of β-lactam (4-membered cyclic amide) rings is 1. The third-order valence-corrected chi connectivity index (χ3v) is 7.32. The number of nitrogens with zero attached hydrogens (tertiary/aromatic N) is 1. The van der Waals surface area contributed by atoms with Gasteiger partial charge in [-0.05, 0) is 32.7 Å². The summed E-state index contributed by atoms with van der Waals surface area (Å²) >= 11 is 1.58. The van der Waals surface area contributed by atoms with Crippen molar-refractivity contribution in [2.24, 2.45) is 11.8 Å². The second kappa shape index (κ2) is 9.77. The highest BCUT2D eigenvalue weighted by Crippen LogP contribution is 2.51. The van der Waals surface area contributed by atoms with Crippen LogP contribution in [0, 0.1) is 11.8 Å². The molecular formula is C18H30ClN3O5S. The second-order valence-corrected chi connectivity index (χ2v) is 9.00. The van der Waals surface area contributed by atoms with Crippen LogP contribution in [0.25, 0.3) is 0 Å². The Labute approximate surface area is 175 Å². The minimum Gasteiger partial charge on any atom is -0.477 e. The smallest absolute Gasteiger partial charge is 0.353 e. The Morgan fingerprint density at radius 2 is 2.18 bits per heavy atom. The first kappa shape index (κ1) is 23.4. The Balaban J connectivity index is 0.00000280. The van der Waals surface area contributed by atoms with Crippen LogP contribution in [0.15, 0.2) is 10.6 Å². The monoisotopic (exact) mass is 435 g/mol.